The van der Waals surface area contributed by atoms with E-state index in [1.807, 2.05) is 31.2 Å². The van der Waals surface area contributed by atoms with Crippen LogP contribution in [-0.4, -0.2) is 15.0 Å². The lowest BCUT2D eigenvalue weighted by Crippen LogP contribution is -2.10. The Bertz CT molecular complexity index is 1040. The standard InChI is InChI=1S/C25H27FN4/c1-16(2)23-7-5-6-20(29-23)13-18(4)25-22(26)10-9-21(30-25)12-17(3)24-11-8-19(14-27)15-28-24/h5-11,15-18H,12-13H2,1-4H3. The van der Waals surface area contributed by atoms with Crippen LogP contribution in [0.4, 0.5) is 4.39 Å². The van der Waals surface area contributed by atoms with Crippen molar-refractivity contribution < 1.29 is 4.39 Å². The Hall–Kier alpha value is -3.13. The van der Waals surface area contributed by atoms with Gasteiger partial charge in [0.05, 0.1) is 11.3 Å². The Labute approximate surface area is 177 Å². The van der Waals surface area contributed by atoms with Crippen molar-refractivity contribution in [1.82, 2.24) is 15.0 Å². The summed E-state index contributed by atoms with van der Waals surface area (Å²) in [7, 11) is 0. The van der Waals surface area contributed by atoms with Gasteiger partial charge in [0.25, 0.3) is 0 Å². The summed E-state index contributed by atoms with van der Waals surface area (Å²) in [5.74, 6) is 0.109. The van der Waals surface area contributed by atoms with E-state index in [9.17, 15) is 4.39 Å². The molecule has 0 aliphatic heterocycles. The molecular formula is C25H27FN4. The molecule has 4 nitrogen and oxygen atoms in total. The van der Waals surface area contributed by atoms with Gasteiger partial charge < -0.3 is 0 Å². The highest BCUT2D eigenvalue weighted by Crippen LogP contribution is 2.24. The van der Waals surface area contributed by atoms with Gasteiger partial charge in [-0.15, -0.1) is 0 Å². The summed E-state index contributed by atoms with van der Waals surface area (Å²) in [6.45, 7) is 8.28. The van der Waals surface area contributed by atoms with Gasteiger partial charge in [-0.3, -0.25) is 15.0 Å². The lowest BCUT2D eigenvalue weighted by Gasteiger charge is -2.16. The summed E-state index contributed by atoms with van der Waals surface area (Å²) in [4.78, 5) is 13.7. The molecule has 2 unspecified atom stereocenters. The van der Waals surface area contributed by atoms with Crippen molar-refractivity contribution in [3.8, 4) is 6.07 Å². The highest BCUT2D eigenvalue weighted by atomic mass is 19.1. The summed E-state index contributed by atoms with van der Waals surface area (Å²) in [6, 6.07) is 15.0. The van der Waals surface area contributed by atoms with E-state index in [0.717, 1.165) is 22.8 Å². The average Bonchev–Trinajstić information content (AvgIpc) is 2.75. The SMILES string of the molecule is CC(C)c1cccc(CC(C)c2nc(CC(C)c3ccc(C#N)cn3)ccc2F)n1. The second-order valence-electron chi connectivity index (χ2n) is 8.17. The van der Waals surface area contributed by atoms with Crippen LogP contribution < -0.4 is 0 Å². The van der Waals surface area contributed by atoms with E-state index in [-0.39, 0.29) is 17.7 Å². The molecule has 154 valence electrons. The zero-order chi connectivity index (χ0) is 21.7. The van der Waals surface area contributed by atoms with Crippen molar-refractivity contribution in [2.75, 3.05) is 0 Å². The van der Waals surface area contributed by atoms with E-state index in [1.165, 1.54) is 6.07 Å². The smallest absolute Gasteiger partial charge is 0.144 e. The van der Waals surface area contributed by atoms with Crippen LogP contribution >= 0.6 is 0 Å². The summed E-state index contributed by atoms with van der Waals surface area (Å²) >= 11 is 0. The monoisotopic (exact) mass is 402 g/mol. The van der Waals surface area contributed by atoms with E-state index < -0.39 is 0 Å². The lowest BCUT2D eigenvalue weighted by molar-refractivity contribution is 0.563. The predicted octanol–water partition coefficient (Wildman–Crippen LogP) is 5.70. The number of nitrogens with zero attached hydrogens (tertiary/aromatic N) is 4. The largest absolute Gasteiger partial charge is 0.260 e. The third-order valence-electron chi connectivity index (χ3n) is 5.27. The first-order chi connectivity index (χ1) is 14.4. The first-order valence-corrected chi connectivity index (χ1v) is 10.3. The minimum atomic E-state index is -0.282. The summed E-state index contributed by atoms with van der Waals surface area (Å²) < 4.78 is 14.5. The molecule has 0 radical (unpaired) electrons. The fourth-order valence-corrected chi connectivity index (χ4v) is 3.48. The van der Waals surface area contributed by atoms with Crippen LogP contribution in [0, 0.1) is 17.1 Å². The van der Waals surface area contributed by atoms with Crippen LogP contribution in [0.2, 0.25) is 0 Å². The highest BCUT2D eigenvalue weighted by molar-refractivity contribution is 5.28. The van der Waals surface area contributed by atoms with Gasteiger partial charge in [0.1, 0.15) is 11.9 Å². The molecule has 0 aliphatic rings. The molecule has 0 aromatic carbocycles. The van der Waals surface area contributed by atoms with Gasteiger partial charge in [-0.05, 0) is 55.2 Å². The summed E-state index contributed by atoms with van der Waals surface area (Å²) in [5, 5.41) is 8.92. The van der Waals surface area contributed by atoms with Crippen molar-refractivity contribution in [3.05, 3.63) is 88.5 Å². The highest BCUT2D eigenvalue weighted by Gasteiger charge is 2.17. The Balaban J connectivity index is 1.75. The number of nitriles is 1. The van der Waals surface area contributed by atoms with Crippen LogP contribution in [0.3, 0.4) is 0 Å². The summed E-state index contributed by atoms with van der Waals surface area (Å²) in [6.07, 6.45) is 2.87. The molecule has 0 aliphatic carbocycles. The molecule has 3 rings (SSSR count). The van der Waals surface area contributed by atoms with Crippen molar-refractivity contribution in [2.24, 2.45) is 0 Å². The molecule has 0 N–H and O–H groups in total. The van der Waals surface area contributed by atoms with Gasteiger partial charge in [0.2, 0.25) is 0 Å². The fourth-order valence-electron chi connectivity index (χ4n) is 3.48. The van der Waals surface area contributed by atoms with Crippen molar-refractivity contribution in [2.45, 2.75) is 58.3 Å². The number of rotatable bonds is 7. The van der Waals surface area contributed by atoms with Gasteiger partial charge in [-0.1, -0.05) is 33.8 Å². The van der Waals surface area contributed by atoms with Gasteiger partial charge in [-0.25, -0.2) is 4.39 Å². The Morgan fingerprint density at radius 3 is 2.27 bits per heavy atom. The van der Waals surface area contributed by atoms with Crippen molar-refractivity contribution in [3.63, 3.8) is 0 Å². The topological polar surface area (TPSA) is 62.5 Å². The Kier molecular flexibility index (Phi) is 6.89. The first kappa shape index (κ1) is 21.6. The maximum absolute atomic E-state index is 14.5. The average molecular weight is 403 g/mol. The van der Waals surface area contributed by atoms with E-state index in [1.54, 1.807) is 18.3 Å². The van der Waals surface area contributed by atoms with Crippen LogP contribution in [0.5, 0.6) is 0 Å². The maximum Gasteiger partial charge on any atom is 0.144 e. The predicted molar refractivity (Wildman–Crippen MR) is 116 cm³/mol. The molecule has 3 aromatic heterocycles. The molecule has 0 amide bonds. The second kappa shape index (κ2) is 9.58. The normalized spacial score (nSPS) is 13.1. The van der Waals surface area contributed by atoms with Gasteiger partial charge >= 0.3 is 0 Å². The number of hydrogen-bond acceptors (Lipinski definition) is 4. The molecule has 0 spiro atoms. The number of halogens is 1. The van der Waals surface area contributed by atoms with E-state index in [2.05, 4.69) is 36.8 Å². The number of aromatic nitrogens is 3. The molecule has 0 bridgehead atoms. The van der Waals surface area contributed by atoms with Gasteiger partial charge in [0.15, 0.2) is 0 Å². The van der Waals surface area contributed by atoms with Crippen LogP contribution in [0.15, 0.2) is 48.7 Å². The van der Waals surface area contributed by atoms with Crippen LogP contribution in [0.25, 0.3) is 0 Å². The molecule has 5 heteroatoms. The first-order valence-electron chi connectivity index (χ1n) is 10.3. The zero-order valence-corrected chi connectivity index (χ0v) is 17.9. The minimum absolute atomic E-state index is 0.0804. The third-order valence-corrected chi connectivity index (χ3v) is 5.27. The molecule has 30 heavy (non-hydrogen) atoms. The maximum atomic E-state index is 14.5. The lowest BCUT2D eigenvalue weighted by atomic mass is 9.97. The van der Waals surface area contributed by atoms with Crippen LogP contribution in [0.1, 0.15) is 79.5 Å². The Morgan fingerprint density at radius 1 is 0.867 bits per heavy atom. The van der Waals surface area contributed by atoms with Gasteiger partial charge in [0, 0.05) is 40.8 Å². The molecular weight excluding hydrogens is 375 g/mol. The summed E-state index contributed by atoms with van der Waals surface area (Å²) in [5.41, 5.74) is 4.74. The van der Waals surface area contributed by atoms with Gasteiger partial charge in [-0.2, -0.15) is 5.26 Å². The third kappa shape index (κ3) is 5.27. The van der Waals surface area contributed by atoms with E-state index >= 15 is 0 Å². The van der Waals surface area contributed by atoms with E-state index in [0.29, 0.717) is 30.0 Å². The van der Waals surface area contributed by atoms with Crippen molar-refractivity contribution >= 4 is 0 Å². The second-order valence-corrected chi connectivity index (χ2v) is 8.17. The van der Waals surface area contributed by atoms with Crippen LogP contribution in [-0.2, 0) is 12.8 Å². The molecule has 3 aromatic rings. The molecule has 0 fully saturated rings. The molecule has 2 atom stereocenters. The zero-order valence-electron chi connectivity index (χ0n) is 17.9. The quantitative estimate of drug-likeness (QED) is 0.509. The molecule has 3 heterocycles. The molecule has 0 saturated carbocycles. The number of pyridine rings is 3. The number of hydrogen-bond donors (Lipinski definition) is 0. The fraction of sp³-hybridized carbons (Fsp3) is 0.360. The Morgan fingerprint density at radius 2 is 1.60 bits per heavy atom. The minimum Gasteiger partial charge on any atom is -0.260 e. The van der Waals surface area contributed by atoms with E-state index in [4.69, 9.17) is 10.2 Å². The van der Waals surface area contributed by atoms with Crippen molar-refractivity contribution in [1.29, 1.82) is 5.26 Å². The molecule has 0 saturated heterocycles.